The second kappa shape index (κ2) is 4.05. The van der Waals surface area contributed by atoms with E-state index >= 15 is 0 Å². The van der Waals surface area contributed by atoms with Gasteiger partial charge in [-0.25, -0.2) is 4.79 Å². The van der Waals surface area contributed by atoms with Crippen LogP contribution in [0.15, 0.2) is 24.3 Å². The summed E-state index contributed by atoms with van der Waals surface area (Å²) in [5.41, 5.74) is 1.75. The highest BCUT2D eigenvalue weighted by Crippen LogP contribution is 2.29. The maximum Gasteiger partial charge on any atom is 0.335 e. The van der Waals surface area contributed by atoms with E-state index in [1.54, 1.807) is 17.0 Å². The van der Waals surface area contributed by atoms with Gasteiger partial charge in [-0.15, -0.1) is 0 Å². The molecule has 1 aromatic rings. The fraction of sp³-hybridized carbons (Fsp3) is 0.231. The Balaban J connectivity index is 2.53. The van der Waals surface area contributed by atoms with Crippen molar-refractivity contribution < 1.29 is 14.7 Å². The second-order valence-corrected chi connectivity index (χ2v) is 4.07. The minimum atomic E-state index is -0.964. The molecule has 1 heterocycles. The van der Waals surface area contributed by atoms with Gasteiger partial charge in [0.25, 0.3) is 0 Å². The molecule has 4 heteroatoms. The molecule has 1 aliphatic rings. The van der Waals surface area contributed by atoms with Gasteiger partial charge in [-0.2, -0.15) is 0 Å². The van der Waals surface area contributed by atoms with E-state index in [0.29, 0.717) is 0 Å². The summed E-state index contributed by atoms with van der Waals surface area (Å²) in [6, 6.07) is 4.77. The molecule has 0 fully saturated rings. The summed E-state index contributed by atoms with van der Waals surface area (Å²) in [6.07, 6.45) is 3.74. The monoisotopic (exact) mass is 231 g/mol. The molecule has 0 aromatic heterocycles. The summed E-state index contributed by atoms with van der Waals surface area (Å²) < 4.78 is 0. The lowest BCUT2D eigenvalue weighted by Crippen LogP contribution is -2.37. The molecule has 4 nitrogen and oxygen atoms in total. The summed E-state index contributed by atoms with van der Waals surface area (Å²) >= 11 is 0. The second-order valence-electron chi connectivity index (χ2n) is 4.07. The first-order valence-electron chi connectivity index (χ1n) is 5.36. The topological polar surface area (TPSA) is 57.6 Å². The van der Waals surface area contributed by atoms with Gasteiger partial charge in [0.1, 0.15) is 0 Å². The number of carbonyl (C=O) groups excluding carboxylic acids is 1. The SMILES string of the molecule is CC(=O)N1c2ccc(C(=O)O)cc2C=CC1C. The molecule has 0 bridgehead atoms. The number of hydrogen-bond donors (Lipinski definition) is 1. The number of rotatable bonds is 1. The molecule has 17 heavy (non-hydrogen) atoms. The van der Waals surface area contributed by atoms with Crippen molar-refractivity contribution in [2.45, 2.75) is 19.9 Å². The van der Waals surface area contributed by atoms with E-state index in [1.807, 2.05) is 19.1 Å². The van der Waals surface area contributed by atoms with E-state index in [4.69, 9.17) is 5.11 Å². The zero-order chi connectivity index (χ0) is 12.6. The van der Waals surface area contributed by atoms with Crippen LogP contribution in [0.1, 0.15) is 29.8 Å². The van der Waals surface area contributed by atoms with Crippen LogP contribution in [0.4, 0.5) is 5.69 Å². The first-order valence-corrected chi connectivity index (χ1v) is 5.36. The summed E-state index contributed by atoms with van der Waals surface area (Å²) in [6.45, 7) is 3.43. The molecular weight excluding hydrogens is 218 g/mol. The zero-order valence-electron chi connectivity index (χ0n) is 9.68. The Bertz CT molecular complexity index is 519. The number of fused-ring (bicyclic) bond motifs is 1. The maximum atomic E-state index is 11.6. The average molecular weight is 231 g/mol. The standard InChI is InChI=1S/C13H13NO3/c1-8-3-4-10-7-11(13(16)17)5-6-12(10)14(8)9(2)15/h3-8H,1-2H3,(H,16,17). The summed E-state index contributed by atoms with van der Waals surface area (Å²) in [5.74, 6) is -1.01. The van der Waals surface area contributed by atoms with Gasteiger partial charge in [0.15, 0.2) is 0 Å². The Hall–Kier alpha value is -2.10. The van der Waals surface area contributed by atoms with Gasteiger partial charge >= 0.3 is 5.97 Å². The van der Waals surface area contributed by atoms with Crippen molar-refractivity contribution in [1.82, 2.24) is 0 Å². The number of aromatic carboxylic acids is 1. The number of benzene rings is 1. The van der Waals surface area contributed by atoms with Crippen LogP contribution >= 0.6 is 0 Å². The molecule has 1 aromatic carbocycles. The van der Waals surface area contributed by atoms with E-state index in [1.165, 1.54) is 13.0 Å². The van der Waals surface area contributed by atoms with Crippen LogP contribution < -0.4 is 4.90 Å². The number of anilines is 1. The molecule has 0 aliphatic carbocycles. The lowest BCUT2D eigenvalue weighted by Gasteiger charge is -2.31. The molecule has 0 spiro atoms. The smallest absolute Gasteiger partial charge is 0.335 e. The van der Waals surface area contributed by atoms with E-state index in [0.717, 1.165) is 11.3 Å². The molecule has 1 aliphatic heterocycles. The van der Waals surface area contributed by atoms with E-state index in [9.17, 15) is 9.59 Å². The Labute approximate surface area is 99.2 Å². The minimum Gasteiger partial charge on any atom is -0.478 e. The Morgan fingerprint density at radius 2 is 2.06 bits per heavy atom. The van der Waals surface area contributed by atoms with Gasteiger partial charge in [-0.3, -0.25) is 4.79 Å². The molecule has 0 saturated carbocycles. The van der Waals surface area contributed by atoms with Crippen LogP contribution in [0, 0.1) is 0 Å². The molecule has 1 atom stereocenters. The molecule has 1 N–H and O–H groups in total. The third kappa shape index (κ3) is 1.93. The van der Waals surface area contributed by atoms with Crippen molar-refractivity contribution in [3.63, 3.8) is 0 Å². The Morgan fingerprint density at radius 1 is 1.35 bits per heavy atom. The van der Waals surface area contributed by atoms with Gasteiger partial charge in [-0.05, 0) is 30.7 Å². The zero-order valence-corrected chi connectivity index (χ0v) is 9.68. The quantitative estimate of drug-likeness (QED) is 0.805. The predicted molar refractivity (Wildman–Crippen MR) is 65.1 cm³/mol. The fourth-order valence-corrected chi connectivity index (χ4v) is 2.05. The normalized spacial score (nSPS) is 17.8. The number of carboxylic acid groups (broad SMARTS) is 1. The van der Waals surface area contributed by atoms with Crippen molar-refractivity contribution in [1.29, 1.82) is 0 Å². The number of carbonyl (C=O) groups is 2. The predicted octanol–water partition coefficient (Wildman–Crippen LogP) is 2.15. The molecule has 88 valence electrons. The highest BCUT2D eigenvalue weighted by molar-refractivity contribution is 5.98. The first kappa shape index (κ1) is 11.4. The lowest BCUT2D eigenvalue weighted by molar-refractivity contribution is -0.116. The number of hydrogen-bond acceptors (Lipinski definition) is 2. The molecule has 1 unspecified atom stereocenters. The van der Waals surface area contributed by atoms with Crippen LogP contribution in [0.5, 0.6) is 0 Å². The minimum absolute atomic E-state index is 0.00400. The Morgan fingerprint density at radius 3 is 2.65 bits per heavy atom. The van der Waals surface area contributed by atoms with Crippen molar-refractivity contribution >= 4 is 23.6 Å². The lowest BCUT2D eigenvalue weighted by atomic mass is 10.0. The maximum absolute atomic E-state index is 11.6. The van der Waals surface area contributed by atoms with Gasteiger partial charge in [-0.1, -0.05) is 12.2 Å². The fourth-order valence-electron chi connectivity index (χ4n) is 2.05. The molecule has 0 radical (unpaired) electrons. The van der Waals surface area contributed by atoms with E-state index in [2.05, 4.69) is 0 Å². The van der Waals surface area contributed by atoms with Crippen LogP contribution in [0.25, 0.3) is 6.08 Å². The third-order valence-electron chi connectivity index (χ3n) is 2.83. The third-order valence-corrected chi connectivity index (χ3v) is 2.83. The van der Waals surface area contributed by atoms with Crippen molar-refractivity contribution in [3.05, 3.63) is 35.4 Å². The first-order chi connectivity index (χ1) is 8.00. The van der Waals surface area contributed by atoms with Gasteiger partial charge in [0.05, 0.1) is 17.3 Å². The number of carboxylic acids is 1. The van der Waals surface area contributed by atoms with Gasteiger partial charge < -0.3 is 10.0 Å². The van der Waals surface area contributed by atoms with E-state index < -0.39 is 5.97 Å². The highest BCUT2D eigenvalue weighted by Gasteiger charge is 2.23. The molecule has 2 rings (SSSR count). The average Bonchev–Trinajstić information content (AvgIpc) is 2.27. The summed E-state index contributed by atoms with van der Waals surface area (Å²) in [5, 5.41) is 8.91. The van der Waals surface area contributed by atoms with Gasteiger partial charge in [0.2, 0.25) is 5.91 Å². The van der Waals surface area contributed by atoms with Crippen LogP contribution in [-0.4, -0.2) is 23.0 Å². The van der Waals surface area contributed by atoms with Crippen LogP contribution in [0.2, 0.25) is 0 Å². The van der Waals surface area contributed by atoms with Gasteiger partial charge in [0, 0.05) is 6.92 Å². The number of amides is 1. The summed E-state index contributed by atoms with van der Waals surface area (Å²) in [4.78, 5) is 24.1. The summed E-state index contributed by atoms with van der Waals surface area (Å²) in [7, 11) is 0. The van der Waals surface area contributed by atoms with E-state index in [-0.39, 0.29) is 17.5 Å². The van der Waals surface area contributed by atoms with Crippen LogP contribution in [0.3, 0.4) is 0 Å². The van der Waals surface area contributed by atoms with Crippen molar-refractivity contribution in [2.24, 2.45) is 0 Å². The molecular formula is C13H13NO3. The number of nitrogens with zero attached hydrogens (tertiary/aromatic N) is 1. The molecule has 0 saturated heterocycles. The largest absolute Gasteiger partial charge is 0.478 e. The van der Waals surface area contributed by atoms with Crippen molar-refractivity contribution in [3.8, 4) is 0 Å². The highest BCUT2D eigenvalue weighted by atomic mass is 16.4. The van der Waals surface area contributed by atoms with Crippen LogP contribution in [-0.2, 0) is 4.79 Å². The molecule has 1 amide bonds. The Kier molecular flexibility index (Phi) is 2.71. The van der Waals surface area contributed by atoms with Crippen molar-refractivity contribution in [2.75, 3.05) is 4.90 Å².